The van der Waals surface area contributed by atoms with Crippen molar-refractivity contribution < 1.29 is 14.7 Å². The van der Waals surface area contributed by atoms with Crippen LogP contribution in [0.15, 0.2) is 24.5 Å². The number of aromatic nitrogens is 2. The maximum atomic E-state index is 11.2. The first-order valence-corrected chi connectivity index (χ1v) is 6.29. The molecule has 0 aliphatic rings. The Morgan fingerprint density at radius 1 is 1.47 bits per heavy atom. The maximum Gasteiger partial charge on any atom is 0.452 e. The number of hydrogen-bond acceptors (Lipinski definition) is 3. The van der Waals surface area contributed by atoms with Crippen LogP contribution >= 0.6 is 0 Å². The predicted octanol–water partition coefficient (Wildman–Crippen LogP) is 2.56. The van der Waals surface area contributed by atoms with Gasteiger partial charge in [-0.1, -0.05) is 25.1 Å². The Bertz CT molecular complexity index is 580. The molecule has 1 amide bonds. The Labute approximate surface area is 111 Å². The molecule has 6 nitrogen and oxygen atoms in total. The highest BCUT2D eigenvalue weighted by molar-refractivity contribution is 5.81. The minimum Gasteiger partial charge on any atom is -0.462 e. The van der Waals surface area contributed by atoms with E-state index in [9.17, 15) is 9.90 Å². The summed E-state index contributed by atoms with van der Waals surface area (Å²) in [7, 11) is 0. The van der Waals surface area contributed by atoms with Gasteiger partial charge < -0.3 is 5.11 Å². The number of carboxylic acid groups (broad SMARTS) is 1. The van der Waals surface area contributed by atoms with Crippen LogP contribution in [0.4, 0.5) is 4.79 Å². The lowest BCUT2D eigenvalue weighted by Gasteiger charge is -2.19. The number of amides is 1. The second-order valence-corrected chi connectivity index (χ2v) is 4.15. The topological polar surface area (TPSA) is 67.6 Å². The quantitative estimate of drug-likeness (QED) is 0.842. The van der Waals surface area contributed by atoms with Crippen LogP contribution in [0.3, 0.4) is 0 Å². The van der Waals surface area contributed by atoms with Crippen molar-refractivity contribution in [1.82, 2.24) is 9.66 Å². The summed E-state index contributed by atoms with van der Waals surface area (Å²) in [6.07, 6.45) is 1.93. The zero-order valence-electron chi connectivity index (χ0n) is 11.0. The van der Waals surface area contributed by atoms with Gasteiger partial charge in [-0.05, 0) is 30.5 Å². The molecule has 1 heterocycles. The van der Waals surface area contributed by atoms with Crippen molar-refractivity contribution in [3.05, 3.63) is 30.1 Å². The van der Waals surface area contributed by atoms with Crippen molar-refractivity contribution in [1.29, 1.82) is 0 Å². The minimum atomic E-state index is -1.17. The van der Waals surface area contributed by atoms with Crippen LogP contribution in [-0.4, -0.2) is 27.5 Å². The zero-order valence-corrected chi connectivity index (χ0v) is 11.0. The Hall–Kier alpha value is -2.08. The van der Waals surface area contributed by atoms with E-state index in [1.165, 1.54) is 11.0 Å². The number of hydroxylamine groups is 1. The van der Waals surface area contributed by atoms with Gasteiger partial charge in [0, 0.05) is 0 Å². The van der Waals surface area contributed by atoms with Gasteiger partial charge in [0.05, 0.1) is 17.6 Å². The Balaban J connectivity index is 2.39. The van der Waals surface area contributed by atoms with Crippen molar-refractivity contribution >= 4 is 17.1 Å². The standard InChI is InChI=1S/C13H17N3O3/c1-3-7-19-16(13(17)18)15-9-14-11-8-10(4-2)5-6-12(11)15/h5-6,8-9H,3-4,7H2,1-2H3,(H,17,18). The second-order valence-electron chi connectivity index (χ2n) is 4.15. The molecule has 0 fully saturated rings. The van der Waals surface area contributed by atoms with Crippen molar-refractivity contribution in [2.75, 3.05) is 11.8 Å². The molecule has 1 aromatic carbocycles. The molecule has 0 unspecified atom stereocenters. The summed E-state index contributed by atoms with van der Waals surface area (Å²) in [5.74, 6) is 0. The number of nitrogens with zero attached hydrogens (tertiary/aromatic N) is 3. The van der Waals surface area contributed by atoms with E-state index in [1.807, 2.05) is 25.1 Å². The fourth-order valence-corrected chi connectivity index (χ4v) is 1.80. The lowest BCUT2D eigenvalue weighted by atomic mass is 10.1. The fourth-order valence-electron chi connectivity index (χ4n) is 1.80. The molecule has 0 saturated heterocycles. The number of aryl methyl sites for hydroxylation is 1. The molecule has 0 radical (unpaired) electrons. The summed E-state index contributed by atoms with van der Waals surface area (Å²) in [6.45, 7) is 4.31. The third-order valence-electron chi connectivity index (χ3n) is 2.78. The molecule has 0 aliphatic carbocycles. The van der Waals surface area contributed by atoms with E-state index in [1.54, 1.807) is 0 Å². The van der Waals surface area contributed by atoms with Crippen molar-refractivity contribution in [3.8, 4) is 0 Å². The molecule has 0 atom stereocenters. The third-order valence-corrected chi connectivity index (χ3v) is 2.78. The summed E-state index contributed by atoms with van der Waals surface area (Å²) in [5.41, 5.74) is 2.62. The van der Waals surface area contributed by atoms with E-state index in [0.29, 0.717) is 12.1 Å². The van der Waals surface area contributed by atoms with Crippen LogP contribution < -0.4 is 5.17 Å². The number of benzene rings is 1. The summed E-state index contributed by atoms with van der Waals surface area (Å²) in [6, 6.07) is 5.76. The number of fused-ring (bicyclic) bond motifs is 1. The van der Waals surface area contributed by atoms with Gasteiger partial charge in [0.2, 0.25) is 0 Å². The van der Waals surface area contributed by atoms with Crippen LogP contribution in [-0.2, 0) is 11.3 Å². The molecule has 0 bridgehead atoms. The van der Waals surface area contributed by atoms with Gasteiger partial charge in [0.15, 0.2) is 0 Å². The monoisotopic (exact) mass is 263 g/mol. The molecular formula is C13H17N3O3. The van der Waals surface area contributed by atoms with E-state index in [4.69, 9.17) is 4.84 Å². The van der Waals surface area contributed by atoms with Crippen LogP contribution in [0.5, 0.6) is 0 Å². The van der Waals surface area contributed by atoms with Crippen molar-refractivity contribution in [2.45, 2.75) is 26.7 Å². The Morgan fingerprint density at radius 2 is 2.26 bits per heavy atom. The lowest BCUT2D eigenvalue weighted by Crippen LogP contribution is -2.39. The summed E-state index contributed by atoms with van der Waals surface area (Å²) >= 11 is 0. The second kappa shape index (κ2) is 5.71. The highest BCUT2D eigenvalue weighted by Gasteiger charge is 2.17. The highest BCUT2D eigenvalue weighted by atomic mass is 16.7. The summed E-state index contributed by atoms with van der Waals surface area (Å²) < 4.78 is 1.40. The Morgan fingerprint density at radius 3 is 2.89 bits per heavy atom. The highest BCUT2D eigenvalue weighted by Crippen LogP contribution is 2.16. The normalized spacial score (nSPS) is 10.8. The van der Waals surface area contributed by atoms with Gasteiger partial charge in [-0.25, -0.2) is 19.3 Å². The zero-order chi connectivity index (χ0) is 13.8. The number of carbonyl (C=O) groups is 1. The first-order chi connectivity index (χ1) is 9.17. The molecule has 0 aliphatic heterocycles. The van der Waals surface area contributed by atoms with E-state index < -0.39 is 6.09 Å². The van der Waals surface area contributed by atoms with Gasteiger partial charge in [-0.15, -0.1) is 0 Å². The van der Waals surface area contributed by atoms with Crippen LogP contribution in [0.1, 0.15) is 25.8 Å². The molecule has 6 heteroatoms. The van der Waals surface area contributed by atoms with E-state index >= 15 is 0 Å². The Kier molecular flexibility index (Phi) is 4.01. The van der Waals surface area contributed by atoms with Gasteiger partial charge in [0.1, 0.15) is 6.33 Å². The summed E-state index contributed by atoms with van der Waals surface area (Å²) in [4.78, 5) is 20.7. The third kappa shape index (κ3) is 2.68. The maximum absolute atomic E-state index is 11.2. The minimum absolute atomic E-state index is 0.332. The first-order valence-electron chi connectivity index (χ1n) is 6.29. The molecular weight excluding hydrogens is 246 g/mol. The molecule has 1 aromatic heterocycles. The van der Waals surface area contributed by atoms with Gasteiger partial charge in [-0.2, -0.15) is 0 Å². The van der Waals surface area contributed by atoms with Gasteiger partial charge in [-0.3, -0.25) is 0 Å². The predicted molar refractivity (Wildman–Crippen MR) is 71.6 cm³/mol. The van der Waals surface area contributed by atoms with E-state index in [2.05, 4.69) is 11.9 Å². The molecule has 1 N–H and O–H groups in total. The fraction of sp³-hybridized carbons (Fsp3) is 0.385. The van der Waals surface area contributed by atoms with E-state index in [-0.39, 0.29) is 0 Å². The molecule has 2 aromatic rings. The largest absolute Gasteiger partial charge is 0.462 e. The van der Waals surface area contributed by atoms with Crippen molar-refractivity contribution in [3.63, 3.8) is 0 Å². The summed E-state index contributed by atoms with van der Waals surface area (Å²) in [5, 5.41) is 9.99. The molecule has 2 rings (SSSR count). The molecule has 102 valence electrons. The molecule has 0 saturated carbocycles. The van der Waals surface area contributed by atoms with Crippen LogP contribution in [0.2, 0.25) is 0 Å². The first kappa shape index (κ1) is 13.4. The van der Waals surface area contributed by atoms with Crippen molar-refractivity contribution in [2.24, 2.45) is 0 Å². The average molecular weight is 263 g/mol. The number of rotatable bonds is 5. The SMILES string of the molecule is CCCON(C(=O)O)n1cnc2cc(CC)ccc21. The molecule has 19 heavy (non-hydrogen) atoms. The van der Waals surface area contributed by atoms with Crippen LogP contribution in [0.25, 0.3) is 11.0 Å². The number of imidazole rings is 1. The van der Waals surface area contributed by atoms with Gasteiger partial charge >= 0.3 is 6.09 Å². The number of hydrogen-bond donors (Lipinski definition) is 1. The van der Waals surface area contributed by atoms with Gasteiger partial charge in [0.25, 0.3) is 0 Å². The van der Waals surface area contributed by atoms with E-state index in [0.717, 1.165) is 29.1 Å². The lowest BCUT2D eigenvalue weighted by molar-refractivity contribution is 0.0554. The van der Waals surface area contributed by atoms with Crippen LogP contribution in [0, 0.1) is 0 Å². The smallest absolute Gasteiger partial charge is 0.452 e. The molecule has 0 spiro atoms. The average Bonchev–Trinajstić information content (AvgIpc) is 2.82.